The molecule has 3 N–H and O–H groups in total. The van der Waals surface area contributed by atoms with E-state index in [1.807, 2.05) is 12.1 Å². The van der Waals surface area contributed by atoms with Crippen molar-refractivity contribution in [3.8, 4) is 6.07 Å². The molecule has 1 aliphatic carbocycles. The second-order valence-electron chi connectivity index (χ2n) is 7.48. The second kappa shape index (κ2) is 7.14. The summed E-state index contributed by atoms with van der Waals surface area (Å²) in [6.07, 6.45) is 4.01. The molecular weight excluding hydrogens is 331 g/mol. The van der Waals surface area contributed by atoms with E-state index in [4.69, 9.17) is 5.73 Å². The zero-order chi connectivity index (χ0) is 18.1. The van der Waals surface area contributed by atoms with Gasteiger partial charge in [-0.3, -0.25) is 10.00 Å². The number of hydrogen-bond acceptors (Lipinski definition) is 5. The van der Waals surface area contributed by atoms with E-state index in [0.717, 1.165) is 50.0 Å². The monoisotopic (exact) mass is 354 g/mol. The molecule has 2 aliphatic rings. The maximum absolute atomic E-state index is 13.3. The maximum atomic E-state index is 13.3. The van der Waals surface area contributed by atoms with Crippen molar-refractivity contribution in [2.75, 3.05) is 13.1 Å². The Bertz CT molecular complexity index is 795. The van der Waals surface area contributed by atoms with Crippen LogP contribution in [0, 0.1) is 17.1 Å². The van der Waals surface area contributed by atoms with Crippen molar-refractivity contribution in [3.63, 3.8) is 0 Å². The number of nitrogens with two attached hydrogens (primary N) is 1. The molecule has 26 heavy (non-hydrogen) atoms. The lowest BCUT2D eigenvalue weighted by Crippen LogP contribution is -2.48. The number of nitrogens with zero attached hydrogens (tertiary/aromatic N) is 4. The van der Waals surface area contributed by atoms with Crippen LogP contribution in [0.2, 0.25) is 0 Å². The highest BCUT2D eigenvalue weighted by molar-refractivity contribution is 5.32. The minimum atomic E-state index is -0.216. The van der Waals surface area contributed by atoms with Gasteiger partial charge in [0.25, 0.3) is 0 Å². The lowest BCUT2D eigenvalue weighted by Gasteiger charge is -2.38. The first-order valence-corrected chi connectivity index (χ1v) is 9.22. The molecule has 1 aromatic carbocycles. The molecule has 4 atom stereocenters. The van der Waals surface area contributed by atoms with Crippen molar-refractivity contribution in [1.82, 2.24) is 20.3 Å². The number of nitrogens with one attached hydrogen (secondary N) is 1. The minimum Gasteiger partial charge on any atom is -0.327 e. The molecule has 136 valence electrons. The molecular formula is C19H23FN6. The number of aromatic amines is 1. The minimum absolute atomic E-state index is 0.153. The van der Waals surface area contributed by atoms with Crippen LogP contribution in [0.25, 0.3) is 0 Å². The number of rotatable bonds is 3. The highest BCUT2D eigenvalue weighted by Crippen LogP contribution is 2.46. The van der Waals surface area contributed by atoms with Crippen molar-refractivity contribution < 1.29 is 4.39 Å². The molecule has 0 bridgehead atoms. The van der Waals surface area contributed by atoms with Crippen molar-refractivity contribution in [3.05, 3.63) is 47.0 Å². The fraction of sp³-hybridized carbons (Fsp3) is 0.526. The van der Waals surface area contributed by atoms with Gasteiger partial charge in [-0.15, -0.1) is 5.10 Å². The van der Waals surface area contributed by atoms with Crippen LogP contribution in [0.1, 0.15) is 54.5 Å². The van der Waals surface area contributed by atoms with Crippen LogP contribution < -0.4 is 5.73 Å². The SMILES string of the molecule is N#Cc1nn[nH]c1C1CC(c2ccc(F)cc2)CC1N1CCCC(N)C1. The van der Waals surface area contributed by atoms with E-state index in [2.05, 4.69) is 26.4 Å². The first kappa shape index (κ1) is 17.1. The summed E-state index contributed by atoms with van der Waals surface area (Å²) in [5, 5.41) is 20.1. The van der Waals surface area contributed by atoms with Crippen LogP contribution in [0.5, 0.6) is 0 Å². The quantitative estimate of drug-likeness (QED) is 0.882. The number of hydrogen-bond donors (Lipinski definition) is 2. The number of benzene rings is 1. The number of H-pyrrole nitrogens is 1. The van der Waals surface area contributed by atoms with Crippen molar-refractivity contribution >= 4 is 0 Å². The van der Waals surface area contributed by atoms with Crippen LogP contribution in [-0.2, 0) is 0 Å². The lowest BCUT2D eigenvalue weighted by atomic mass is 9.93. The number of aromatic nitrogens is 3. The number of nitriles is 1. The fourth-order valence-electron chi connectivity index (χ4n) is 4.65. The van der Waals surface area contributed by atoms with Gasteiger partial charge in [-0.1, -0.05) is 17.3 Å². The molecule has 2 fully saturated rings. The van der Waals surface area contributed by atoms with Crippen LogP contribution in [-0.4, -0.2) is 45.5 Å². The summed E-state index contributed by atoms with van der Waals surface area (Å²) in [6, 6.07) is 9.42. The average Bonchev–Trinajstić information content (AvgIpc) is 3.28. The highest BCUT2D eigenvalue weighted by Gasteiger charge is 2.42. The summed E-state index contributed by atoms with van der Waals surface area (Å²) in [7, 11) is 0. The van der Waals surface area contributed by atoms with Crippen molar-refractivity contribution in [1.29, 1.82) is 5.26 Å². The van der Waals surface area contributed by atoms with Gasteiger partial charge < -0.3 is 5.73 Å². The van der Waals surface area contributed by atoms with E-state index in [1.54, 1.807) is 0 Å². The standard InChI is InChI=1S/C19H23FN6/c20-14-5-3-12(4-6-14)13-8-16(19-17(10-21)23-25-24-19)18(9-13)26-7-1-2-15(22)11-26/h3-6,13,15-16,18H,1-2,7-9,11,22H2,(H,23,24,25). The summed E-state index contributed by atoms with van der Waals surface area (Å²) < 4.78 is 13.3. The lowest BCUT2D eigenvalue weighted by molar-refractivity contribution is 0.138. The fourth-order valence-corrected chi connectivity index (χ4v) is 4.65. The molecule has 1 saturated heterocycles. The molecule has 2 aromatic rings. The Kier molecular flexibility index (Phi) is 4.70. The smallest absolute Gasteiger partial charge is 0.185 e. The van der Waals surface area contributed by atoms with Gasteiger partial charge in [-0.05, 0) is 55.8 Å². The third-order valence-corrected chi connectivity index (χ3v) is 5.88. The van der Waals surface area contributed by atoms with E-state index in [-0.39, 0.29) is 23.8 Å². The third-order valence-electron chi connectivity index (χ3n) is 5.88. The molecule has 6 nitrogen and oxygen atoms in total. The van der Waals surface area contributed by atoms with E-state index in [9.17, 15) is 9.65 Å². The van der Waals surface area contributed by atoms with Gasteiger partial charge >= 0.3 is 0 Å². The zero-order valence-electron chi connectivity index (χ0n) is 14.6. The molecule has 1 saturated carbocycles. The normalized spacial score (nSPS) is 29.6. The van der Waals surface area contributed by atoms with Crippen LogP contribution >= 0.6 is 0 Å². The second-order valence-corrected chi connectivity index (χ2v) is 7.48. The van der Waals surface area contributed by atoms with Gasteiger partial charge in [0.05, 0.1) is 5.69 Å². The van der Waals surface area contributed by atoms with Crippen LogP contribution in [0.3, 0.4) is 0 Å². The zero-order valence-corrected chi connectivity index (χ0v) is 14.6. The molecule has 0 amide bonds. The van der Waals surface area contributed by atoms with Gasteiger partial charge in [-0.2, -0.15) is 5.26 Å². The largest absolute Gasteiger partial charge is 0.327 e. The molecule has 0 spiro atoms. The first-order chi connectivity index (χ1) is 12.7. The highest BCUT2D eigenvalue weighted by atomic mass is 19.1. The van der Waals surface area contributed by atoms with Gasteiger partial charge in [0, 0.05) is 24.5 Å². The molecule has 1 aromatic heterocycles. The Labute approximate surface area is 152 Å². The van der Waals surface area contributed by atoms with E-state index in [0.29, 0.717) is 11.6 Å². The van der Waals surface area contributed by atoms with Gasteiger partial charge in [0.15, 0.2) is 5.69 Å². The van der Waals surface area contributed by atoms with Gasteiger partial charge in [-0.25, -0.2) is 4.39 Å². The number of piperidine rings is 1. The van der Waals surface area contributed by atoms with E-state index in [1.165, 1.54) is 12.1 Å². The Morgan fingerprint density at radius 1 is 1.27 bits per heavy atom. The molecule has 4 unspecified atom stereocenters. The maximum Gasteiger partial charge on any atom is 0.185 e. The van der Waals surface area contributed by atoms with Gasteiger partial charge in [0.1, 0.15) is 11.9 Å². The predicted octanol–water partition coefficient (Wildman–Crippen LogP) is 2.27. The summed E-state index contributed by atoms with van der Waals surface area (Å²) in [5.74, 6) is 0.255. The predicted molar refractivity (Wildman–Crippen MR) is 94.8 cm³/mol. The Morgan fingerprint density at radius 3 is 2.81 bits per heavy atom. The Hall–Kier alpha value is -2.30. The summed E-state index contributed by atoms with van der Waals surface area (Å²) in [4.78, 5) is 2.46. The topological polar surface area (TPSA) is 94.6 Å². The molecule has 0 radical (unpaired) electrons. The summed E-state index contributed by atoms with van der Waals surface area (Å²) >= 11 is 0. The molecule has 2 heterocycles. The first-order valence-electron chi connectivity index (χ1n) is 9.22. The molecule has 4 rings (SSSR count). The van der Waals surface area contributed by atoms with Crippen LogP contribution in [0.4, 0.5) is 4.39 Å². The van der Waals surface area contributed by atoms with Gasteiger partial charge in [0.2, 0.25) is 0 Å². The average molecular weight is 354 g/mol. The molecule has 1 aliphatic heterocycles. The van der Waals surface area contributed by atoms with E-state index < -0.39 is 0 Å². The Morgan fingerprint density at radius 2 is 2.08 bits per heavy atom. The van der Waals surface area contributed by atoms with Crippen molar-refractivity contribution in [2.24, 2.45) is 5.73 Å². The Balaban J connectivity index is 1.64. The van der Waals surface area contributed by atoms with E-state index >= 15 is 0 Å². The number of halogens is 1. The van der Waals surface area contributed by atoms with Crippen LogP contribution in [0.15, 0.2) is 24.3 Å². The summed E-state index contributed by atoms with van der Waals surface area (Å²) in [6.45, 7) is 1.90. The molecule has 7 heteroatoms. The van der Waals surface area contributed by atoms with Crippen molar-refractivity contribution in [2.45, 2.75) is 49.6 Å². The third kappa shape index (κ3) is 3.22. The summed E-state index contributed by atoms with van der Waals surface area (Å²) in [5.41, 5.74) is 8.55. The number of likely N-dealkylation sites (tertiary alicyclic amines) is 1.